The Hall–Kier alpha value is -5.94. The molecule has 0 saturated carbocycles. The van der Waals surface area contributed by atoms with Crippen LogP contribution in [0.3, 0.4) is 0 Å². The average Bonchev–Trinajstić information content (AvgIpc) is 4.03. The summed E-state index contributed by atoms with van der Waals surface area (Å²) in [6.07, 6.45) is 17.1. The maximum absolute atomic E-state index is 5.01. The van der Waals surface area contributed by atoms with Crippen molar-refractivity contribution in [3.63, 3.8) is 0 Å². The number of aromatic amines is 1. The van der Waals surface area contributed by atoms with Gasteiger partial charge in [0.05, 0.1) is 30.5 Å². The fourth-order valence-corrected chi connectivity index (χ4v) is 3.67. The fourth-order valence-electron chi connectivity index (χ4n) is 3.67. The summed E-state index contributed by atoms with van der Waals surface area (Å²) in [6, 6.07) is 11.7. The van der Waals surface area contributed by atoms with Gasteiger partial charge in [0.2, 0.25) is 0 Å². The number of aliphatic imine (C=N–C) groups is 3. The Morgan fingerprint density at radius 1 is 0.583 bits per heavy atom. The van der Waals surface area contributed by atoms with Crippen molar-refractivity contribution in [2.45, 2.75) is 0 Å². The third kappa shape index (κ3) is 14.0. The van der Waals surface area contributed by atoms with Crippen LogP contribution in [0.2, 0.25) is 0 Å². The summed E-state index contributed by atoms with van der Waals surface area (Å²) < 4.78 is 5.01. The summed E-state index contributed by atoms with van der Waals surface area (Å²) in [4.78, 5) is 51.0. The second-order valence-electron chi connectivity index (χ2n) is 9.17. The highest BCUT2D eigenvalue weighted by Gasteiger charge is 1.94. The topological polar surface area (TPSA) is 213 Å². The molecule has 2 N–H and O–H groups in total. The van der Waals surface area contributed by atoms with E-state index in [4.69, 9.17) is 4.74 Å². The number of hydrogen-bond donors (Lipinski definition) is 2. The van der Waals surface area contributed by atoms with E-state index in [1.807, 2.05) is 48.6 Å². The Kier molecular flexibility index (Phi) is 16.4. The summed E-state index contributed by atoms with van der Waals surface area (Å²) in [5.74, 6) is 0. The molecule has 0 atom stereocenters. The number of benzene rings is 1. The molecular weight excluding hydrogens is 612 g/mol. The van der Waals surface area contributed by atoms with Gasteiger partial charge in [-0.15, -0.1) is 0 Å². The summed E-state index contributed by atoms with van der Waals surface area (Å²) >= 11 is 0. The largest absolute Gasteiger partial charge is 0.379 e. The average molecular weight is 649 g/mol. The fraction of sp³-hybridized carbons (Fsp3) is 0.290. The van der Waals surface area contributed by atoms with Gasteiger partial charge >= 0.3 is 0 Å². The van der Waals surface area contributed by atoms with Crippen LogP contribution >= 0.6 is 0 Å². The molecule has 0 radical (unpaired) electrons. The van der Waals surface area contributed by atoms with Gasteiger partial charge in [0.25, 0.3) is 0 Å². The Morgan fingerprint density at radius 2 is 1.21 bits per heavy atom. The maximum Gasteiger partial charge on any atom is 0.194 e. The molecule has 17 nitrogen and oxygen atoms in total. The number of para-hydroxylation sites is 2. The Balaban J connectivity index is 0.000000129. The molecule has 246 valence electrons. The SMILES string of the molecule is C1=CCN=C1.C1=NCN=C1.C1COCCN1.c1ccc2c(c1)=NCN=2.c1cnc2c(c1)=NCN=2.c1cnc2c(n1)=NCN=2.c1nc[nH]n1. The van der Waals surface area contributed by atoms with E-state index in [1.165, 1.54) is 12.7 Å². The normalized spacial score (nSPS) is 15.2. The number of H-pyrrole nitrogens is 1. The lowest BCUT2D eigenvalue weighted by atomic mass is 10.3. The minimum absolute atomic E-state index is 0.485. The summed E-state index contributed by atoms with van der Waals surface area (Å²) in [7, 11) is 0. The van der Waals surface area contributed by atoms with Crippen LogP contribution in [0.1, 0.15) is 0 Å². The molecule has 6 aliphatic rings. The predicted octanol–water partition coefficient (Wildman–Crippen LogP) is -1.99. The van der Waals surface area contributed by atoms with Crippen molar-refractivity contribution >= 4 is 18.6 Å². The monoisotopic (exact) mass is 648 g/mol. The van der Waals surface area contributed by atoms with Gasteiger partial charge < -0.3 is 10.1 Å². The van der Waals surface area contributed by atoms with Crippen molar-refractivity contribution in [2.24, 2.45) is 44.9 Å². The van der Waals surface area contributed by atoms with Gasteiger partial charge in [-0.25, -0.2) is 34.9 Å². The molecule has 10 rings (SSSR count). The van der Waals surface area contributed by atoms with Crippen molar-refractivity contribution < 1.29 is 4.74 Å². The van der Waals surface area contributed by atoms with E-state index in [2.05, 4.69) is 80.4 Å². The zero-order valence-electron chi connectivity index (χ0n) is 26.3. The lowest BCUT2D eigenvalue weighted by Crippen LogP contribution is -2.30. The molecule has 1 saturated heterocycles. The van der Waals surface area contributed by atoms with Crippen LogP contribution in [0, 0.1) is 0 Å². The van der Waals surface area contributed by atoms with Crippen LogP contribution in [-0.4, -0.2) is 108 Å². The molecule has 0 spiro atoms. The van der Waals surface area contributed by atoms with E-state index < -0.39 is 0 Å². The minimum atomic E-state index is 0.485. The van der Waals surface area contributed by atoms with Crippen LogP contribution in [0.15, 0.2) is 125 Å². The van der Waals surface area contributed by atoms with Crippen molar-refractivity contribution in [3.8, 4) is 0 Å². The Bertz CT molecular complexity index is 1650. The zero-order chi connectivity index (χ0) is 33.2. The Morgan fingerprint density at radius 3 is 1.67 bits per heavy atom. The molecule has 3 aromatic heterocycles. The number of pyridine rings is 1. The lowest BCUT2D eigenvalue weighted by Gasteiger charge is -2.10. The molecule has 0 aliphatic carbocycles. The molecule has 17 heteroatoms. The molecule has 6 aliphatic heterocycles. The third-order valence-corrected chi connectivity index (χ3v) is 5.85. The van der Waals surface area contributed by atoms with Crippen LogP contribution in [0.4, 0.5) is 0 Å². The van der Waals surface area contributed by atoms with Gasteiger partial charge in [-0.1, -0.05) is 18.2 Å². The van der Waals surface area contributed by atoms with E-state index in [1.54, 1.807) is 37.2 Å². The first-order valence-electron chi connectivity index (χ1n) is 15.0. The van der Waals surface area contributed by atoms with Crippen LogP contribution in [-0.2, 0) is 4.74 Å². The molecule has 9 heterocycles. The van der Waals surface area contributed by atoms with Crippen LogP contribution in [0.5, 0.6) is 0 Å². The van der Waals surface area contributed by atoms with Gasteiger partial charge in [-0.3, -0.25) is 35.1 Å². The highest BCUT2D eigenvalue weighted by Crippen LogP contribution is 1.80. The van der Waals surface area contributed by atoms with Crippen LogP contribution in [0.25, 0.3) is 0 Å². The smallest absolute Gasteiger partial charge is 0.194 e. The summed E-state index contributed by atoms with van der Waals surface area (Å²) in [5.41, 5.74) is 2.10. The number of nitrogens with zero attached hydrogens (tertiary/aromatic N) is 14. The zero-order valence-corrected chi connectivity index (χ0v) is 26.3. The first kappa shape index (κ1) is 34.9. The Labute approximate surface area is 275 Å². The number of allylic oxidation sites excluding steroid dienone is 1. The molecule has 1 aromatic carbocycles. The lowest BCUT2D eigenvalue weighted by molar-refractivity contribution is 0.109. The van der Waals surface area contributed by atoms with Crippen molar-refractivity contribution in [2.75, 3.05) is 59.5 Å². The molecule has 48 heavy (non-hydrogen) atoms. The van der Waals surface area contributed by atoms with Crippen molar-refractivity contribution in [1.29, 1.82) is 0 Å². The first-order chi connectivity index (χ1) is 23.9. The highest BCUT2D eigenvalue weighted by atomic mass is 16.5. The van der Waals surface area contributed by atoms with Crippen LogP contribution < -0.4 is 37.9 Å². The number of aromatic nitrogens is 6. The van der Waals surface area contributed by atoms with E-state index >= 15 is 0 Å². The first-order valence-corrected chi connectivity index (χ1v) is 15.0. The highest BCUT2D eigenvalue weighted by molar-refractivity contribution is 6.17. The third-order valence-electron chi connectivity index (χ3n) is 5.85. The number of fused-ring (bicyclic) bond motifs is 3. The summed E-state index contributed by atoms with van der Waals surface area (Å²) in [6.45, 7) is 7.00. The second kappa shape index (κ2) is 22.5. The van der Waals surface area contributed by atoms with Gasteiger partial charge in [0.1, 0.15) is 44.7 Å². The van der Waals surface area contributed by atoms with E-state index in [9.17, 15) is 0 Å². The number of morpholine rings is 1. The molecule has 0 amide bonds. The van der Waals surface area contributed by atoms with Gasteiger partial charge in [0, 0.05) is 50.3 Å². The van der Waals surface area contributed by atoms with Crippen molar-refractivity contribution in [1.82, 2.24) is 35.5 Å². The molecule has 1 fully saturated rings. The number of nitrogens with one attached hydrogen (secondary N) is 2. The number of hydrogen-bond acceptors (Lipinski definition) is 16. The molecule has 0 bridgehead atoms. The number of rotatable bonds is 0. The molecule has 4 aromatic rings. The summed E-state index contributed by atoms with van der Waals surface area (Å²) in [5, 5.41) is 12.1. The molecule has 0 unspecified atom stereocenters. The van der Waals surface area contributed by atoms with Crippen molar-refractivity contribution in [3.05, 3.63) is 112 Å². The minimum Gasteiger partial charge on any atom is -0.379 e. The predicted molar refractivity (Wildman–Crippen MR) is 179 cm³/mol. The number of ether oxygens (including phenoxy) is 1. The second-order valence-corrected chi connectivity index (χ2v) is 9.17. The van der Waals surface area contributed by atoms with E-state index in [0.29, 0.717) is 37.7 Å². The van der Waals surface area contributed by atoms with E-state index in [-0.39, 0.29) is 0 Å². The van der Waals surface area contributed by atoms with Gasteiger partial charge in [-0.05, 0) is 30.3 Å². The maximum atomic E-state index is 5.01. The van der Waals surface area contributed by atoms with E-state index in [0.717, 1.165) is 54.4 Å². The van der Waals surface area contributed by atoms with Gasteiger partial charge in [-0.2, -0.15) is 5.10 Å². The molecular formula is C31H36N16O. The quantitative estimate of drug-likeness (QED) is 0.219. The van der Waals surface area contributed by atoms with Gasteiger partial charge in [0.15, 0.2) is 16.5 Å². The standard InChI is InChI=1S/C7H6N2.C6H5N3.C5H4N4.C4H9NO.C4H5N.C3H4N2.C2H3N3/c1-2-4-7-6(3-1)8-5-9-7;1-2-5-6(7-3-1)9-4-8-5;1-2-7-5-4(6-1)8-3-9-5;1-3-6-4-2-5-1;1-2-4-5-3-1;1-2-5-3-4-1;1-3-2-5-4-1/h1-4H,5H2;1-3H,4H2;1-2H,3H2;5H,1-4H2;1-3H,4H2;1-2H,3H2;1-2H,(H,3,4,5).